The van der Waals surface area contributed by atoms with E-state index in [0.717, 1.165) is 50.1 Å². The second-order valence-corrected chi connectivity index (χ2v) is 16.3. The van der Waals surface area contributed by atoms with Gasteiger partial charge in [-0.15, -0.1) is 0 Å². The van der Waals surface area contributed by atoms with Crippen molar-refractivity contribution < 1.29 is 4.42 Å². The molecule has 11 aromatic rings. The molecule has 0 saturated carbocycles. The van der Waals surface area contributed by atoms with Crippen molar-refractivity contribution in [2.45, 2.75) is 5.41 Å². The van der Waals surface area contributed by atoms with Gasteiger partial charge in [0.1, 0.15) is 11.2 Å². The van der Waals surface area contributed by atoms with Crippen LogP contribution < -0.4 is 4.90 Å². The van der Waals surface area contributed by atoms with Crippen LogP contribution in [0.2, 0.25) is 0 Å². The molecule has 296 valence electrons. The van der Waals surface area contributed by atoms with Crippen molar-refractivity contribution in [3.8, 4) is 44.5 Å². The Morgan fingerprint density at radius 3 is 1.78 bits per heavy atom. The molecule has 12 rings (SSSR count). The minimum atomic E-state index is -0.597. The molecule has 1 unspecified atom stereocenters. The van der Waals surface area contributed by atoms with Crippen LogP contribution in [0.4, 0.5) is 17.1 Å². The molecule has 9 aromatic carbocycles. The SMILES string of the molecule is c1ccc(-c2ccc(N(c3cccc(C4(c5ccccc5)c5ccccc5-c5c(-c6ccccc6)cccc54)c3)c3ccc4oc5cccc(-c6cccnc6)c5c4c3)cc2)cc1. The first kappa shape index (κ1) is 36.6. The van der Waals surface area contributed by atoms with Gasteiger partial charge in [0.25, 0.3) is 0 Å². The van der Waals surface area contributed by atoms with E-state index in [4.69, 9.17) is 4.42 Å². The molecule has 0 spiro atoms. The molecule has 1 aliphatic carbocycles. The average Bonchev–Trinajstić information content (AvgIpc) is 3.89. The van der Waals surface area contributed by atoms with Gasteiger partial charge >= 0.3 is 0 Å². The van der Waals surface area contributed by atoms with Crippen LogP contribution in [0.25, 0.3) is 66.4 Å². The van der Waals surface area contributed by atoms with Crippen LogP contribution in [0.3, 0.4) is 0 Å². The summed E-state index contributed by atoms with van der Waals surface area (Å²) in [5.41, 5.74) is 18.7. The summed E-state index contributed by atoms with van der Waals surface area (Å²) in [5.74, 6) is 0. The number of anilines is 3. The molecule has 0 amide bonds. The quantitative estimate of drug-likeness (QED) is 0.153. The molecular formula is C60H40N2O. The fourth-order valence-electron chi connectivity index (χ4n) is 10.1. The zero-order valence-corrected chi connectivity index (χ0v) is 34.4. The first-order valence-corrected chi connectivity index (χ1v) is 21.5. The Hall–Kier alpha value is -8.27. The number of rotatable bonds is 8. The molecule has 0 bridgehead atoms. The molecule has 0 saturated heterocycles. The molecule has 0 fully saturated rings. The lowest BCUT2D eigenvalue weighted by molar-refractivity contribution is 0.669. The van der Waals surface area contributed by atoms with Crippen LogP contribution in [0.15, 0.2) is 247 Å². The van der Waals surface area contributed by atoms with Gasteiger partial charge in [-0.2, -0.15) is 0 Å². The molecular weight excluding hydrogens is 765 g/mol. The van der Waals surface area contributed by atoms with Crippen molar-refractivity contribution in [3.05, 3.63) is 265 Å². The molecule has 0 N–H and O–H groups in total. The normalized spacial score (nSPS) is 14.1. The molecule has 3 heteroatoms. The number of fused-ring (bicyclic) bond motifs is 6. The maximum absolute atomic E-state index is 6.54. The summed E-state index contributed by atoms with van der Waals surface area (Å²) in [6.45, 7) is 0. The van der Waals surface area contributed by atoms with Crippen LogP contribution >= 0.6 is 0 Å². The summed E-state index contributed by atoms with van der Waals surface area (Å²) in [5, 5.41) is 2.13. The van der Waals surface area contributed by atoms with E-state index in [9.17, 15) is 0 Å². The molecule has 0 radical (unpaired) electrons. The second-order valence-electron chi connectivity index (χ2n) is 16.3. The number of nitrogens with zero attached hydrogens (tertiary/aromatic N) is 2. The Balaban J connectivity index is 1.10. The Labute approximate surface area is 366 Å². The van der Waals surface area contributed by atoms with E-state index in [1.807, 2.05) is 18.5 Å². The summed E-state index contributed by atoms with van der Waals surface area (Å²) in [4.78, 5) is 6.86. The molecule has 1 atom stereocenters. The summed E-state index contributed by atoms with van der Waals surface area (Å²) in [6.07, 6.45) is 3.74. The van der Waals surface area contributed by atoms with E-state index in [1.165, 1.54) is 55.6 Å². The summed E-state index contributed by atoms with van der Waals surface area (Å²) < 4.78 is 6.54. The number of furan rings is 1. The van der Waals surface area contributed by atoms with Gasteiger partial charge in [0.05, 0.1) is 5.41 Å². The number of pyridine rings is 1. The molecule has 2 heterocycles. The third kappa shape index (κ3) is 5.93. The smallest absolute Gasteiger partial charge is 0.136 e. The van der Waals surface area contributed by atoms with Gasteiger partial charge in [-0.3, -0.25) is 4.98 Å². The van der Waals surface area contributed by atoms with Crippen LogP contribution in [-0.2, 0) is 5.41 Å². The van der Waals surface area contributed by atoms with Gasteiger partial charge in [-0.05, 0) is 116 Å². The summed E-state index contributed by atoms with van der Waals surface area (Å²) in [7, 11) is 0. The second kappa shape index (κ2) is 15.0. The lowest BCUT2D eigenvalue weighted by atomic mass is 9.67. The highest BCUT2D eigenvalue weighted by molar-refractivity contribution is 6.13. The van der Waals surface area contributed by atoms with Crippen molar-refractivity contribution in [1.82, 2.24) is 4.98 Å². The third-order valence-electron chi connectivity index (χ3n) is 12.8. The van der Waals surface area contributed by atoms with E-state index >= 15 is 0 Å². The summed E-state index contributed by atoms with van der Waals surface area (Å²) in [6, 6.07) is 83.4. The number of hydrogen-bond donors (Lipinski definition) is 0. The Kier molecular flexibility index (Phi) is 8.72. The Morgan fingerprint density at radius 2 is 0.984 bits per heavy atom. The van der Waals surface area contributed by atoms with Crippen LogP contribution in [0.1, 0.15) is 22.3 Å². The van der Waals surface area contributed by atoms with Crippen molar-refractivity contribution in [3.63, 3.8) is 0 Å². The number of aromatic nitrogens is 1. The fourth-order valence-corrected chi connectivity index (χ4v) is 10.1. The predicted molar refractivity (Wildman–Crippen MR) is 260 cm³/mol. The molecule has 63 heavy (non-hydrogen) atoms. The van der Waals surface area contributed by atoms with E-state index in [1.54, 1.807) is 0 Å². The lowest BCUT2D eigenvalue weighted by Gasteiger charge is -2.35. The van der Waals surface area contributed by atoms with Crippen LogP contribution in [0, 0.1) is 0 Å². The maximum atomic E-state index is 6.54. The van der Waals surface area contributed by atoms with Crippen LogP contribution in [0.5, 0.6) is 0 Å². The number of hydrogen-bond acceptors (Lipinski definition) is 3. The van der Waals surface area contributed by atoms with Gasteiger partial charge in [0, 0.05) is 45.8 Å². The van der Waals surface area contributed by atoms with E-state index in [2.05, 4.69) is 234 Å². The maximum Gasteiger partial charge on any atom is 0.136 e. The average molecular weight is 805 g/mol. The van der Waals surface area contributed by atoms with Gasteiger partial charge < -0.3 is 9.32 Å². The highest BCUT2D eigenvalue weighted by Gasteiger charge is 2.47. The van der Waals surface area contributed by atoms with Gasteiger partial charge in [-0.1, -0.05) is 176 Å². The minimum absolute atomic E-state index is 0.597. The third-order valence-corrected chi connectivity index (χ3v) is 12.8. The monoisotopic (exact) mass is 804 g/mol. The van der Waals surface area contributed by atoms with E-state index < -0.39 is 5.41 Å². The fraction of sp³-hybridized carbons (Fsp3) is 0.0167. The summed E-state index contributed by atoms with van der Waals surface area (Å²) >= 11 is 0. The van der Waals surface area contributed by atoms with Crippen molar-refractivity contribution in [1.29, 1.82) is 0 Å². The Morgan fingerprint density at radius 1 is 0.381 bits per heavy atom. The zero-order valence-electron chi connectivity index (χ0n) is 34.4. The first-order valence-electron chi connectivity index (χ1n) is 21.5. The lowest BCUT2D eigenvalue weighted by Crippen LogP contribution is -2.28. The van der Waals surface area contributed by atoms with Crippen molar-refractivity contribution >= 4 is 39.0 Å². The molecule has 0 aliphatic heterocycles. The molecule has 3 nitrogen and oxygen atoms in total. The van der Waals surface area contributed by atoms with Crippen LogP contribution in [-0.4, -0.2) is 4.98 Å². The molecule has 2 aromatic heterocycles. The largest absolute Gasteiger partial charge is 0.456 e. The van der Waals surface area contributed by atoms with Gasteiger partial charge in [-0.25, -0.2) is 0 Å². The highest BCUT2D eigenvalue weighted by Crippen LogP contribution is 2.59. The minimum Gasteiger partial charge on any atom is -0.456 e. The number of benzene rings is 9. The van der Waals surface area contributed by atoms with Crippen molar-refractivity contribution in [2.24, 2.45) is 0 Å². The van der Waals surface area contributed by atoms with Gasteiger partial charge in [0.2, 0.25) is 0 Å². The highest BCUT2D eigenvalue weighted by atomic mass is 16.3. The predicted octanol–water partition coefficient (Wildman–Crippen LogP) is 15.8. The van der Waals surface area contributed by atoms with E-state index in [-0.39, 0.29) is 0 Å². The molecule has 1 aliphatic rings. The Bertz CT molecular complexity index is 3430. The zero-order chi connectivity index (χ0) is 41.7. The first-order chi connectivity index (χ1) is 31.3. The van der Waals surface area contributed by atoms with Gasteiger partial charge in [0.15, 0.2) is 0 Å². The topological polar surface area (TPSA) is 29.3 Å². The van der Waals surface area contributed by atoms with Crippen molar-refractivity contribution in [2.75, 3.05) is 4.90 Å². The standard InChI is InChI=1S/C60H40N2O/c1-4-16-41(17-5-1)42-31-33-47(34-32-42)62(49-35-36-56-53(39-49)59-51(27-14-30-57(59)63-56)44-20-15-37-61-40-44)48-24-12-23-46(38-48)60(45-21-8-3-9-22-45)54-28-11-10-25-52(54)58-50(26-13-29-55(58)60)43-18-6-2-7-19-43/h1-40H. The van der Waals surface area contributed by atoms with E-state index in [0.29, 0.717) is 0 Å².